The molecule has 186 valence electrons. The van der Waals surface area contributed by atoms with E-state index in [0.29, 0.717) is 16.8 Å². The Labute approximate surface area is 212 Å². The van der Waals surface area contributed by atoms with Crippen LogP contribution in [0.3, 0.4) is 0 Å². The van der Waals surface area contributed by atoms with E-state index in [0.717, 1.165) is 23.8 Å². The van der Waals surface area contributed by atoms with Gasteiger partial charge >= 0.3 is 213 Å². The van der Waals surface area contributed by atoms with Crippen LogP contribution in [0.2, 0.25) is 4.82 Å². The molecule has 1 aliphatic carbocycles. The molecule has 0 bridgehead atoms. The molecule has 0 aromatic heterocycles. The number of ether oxygens (including phenoxy) is 3. The Morgan fingerprint density at radius 3 is 2.44 bits per heavy atom. The number of hydrogen-bond donors (Lipinski definition) is 0. The zero-order valence-electron chi connectivity index (χ0n) is 21.6. The van der Waals surface area contributed by atoms with Gasteiger partial charge in [-0.05, 0) is 0 Å². The summed E-state index contributed by atoms with van der Waals surface area (Å²) in [6.45, 7) is 10.4. The normalized spacial score (nSPS) is 28.6. The van der Waals surface area contributed by atoms with Gasteiger partial charge in [-0.3, -0.25) is 0 Å². The molecule has 2 fully saturated rings. The Kier molecular flexibility index (Phi) is 8.43. The first-order valence-electron chi connectivity index (χ1n) is 12.6. The molecule has 2 aliphatic rings. The van der Waals surface area contributed by atoms with Gasteiger partial charge in [0.25, 0.3) is 0 Å². The van der Waals surface area contributed by atoms with Gasteiger partial charge < -0.3 is 0 Å². The fourth-order valence-electron chi connectivity index (χ4n) is 6.12. The molecule has 1 heterocycles. The van der Waals surface area contributed by atoms with Crippen molar-refractivity contribution in [2.24, 2.45) is 11.8 Å². The summed E-state index contributed by atoms with van der Waals surface area (Å²) >= 11 is 0.219. The van der Waals surface area contributed by atoms with E-state index in [-0.39, 0.29) is 32.8 Å². The number of para-hydroxylation sites is 1. The summed E-state index contributed by atoms with van der Waals surface area (Å²) < 4.78 is 20.1. The van der Waals surface area contributed by atoms with Crippen LogP contribution >= 0.6 is 0 Å². The van der Waals surface area contributed by atoms with E-state index in [1.807, 2.05) is 19.2 Å². The summed E-state index contributed by atoms with van der Waals surface area (Å²) in [4.78, 5) is 2.93. The van der Waals surface area contributed by atoms with Crippen molar-refractivity contribution in [1.29, 1.82) is 0 Å². The molecule has 1 aliphatic heterocycles. The van der Waals surface area contributed by atoms with Gasteiger partial charge in [0.2, 0.25) is 0 Å². The van der Waals surface area contributed by atoms with Gasteiger partial charge in [0.05, 0.1) is 0 Å². The quantitative estimate of drug-likeness (QED) is 0.424. The second kappa shape index (κ2) is 11.1. The van der Waals surface area contributed by atoms with E-state index in [2.05, 4.69) is 75.1 Å². The molecule has 4 rings (SSSR count). The van der Waals surface area contributed by atoms with E-state index in [1.54, 1.807) is 7.11 Å². The van der Waals surface area contributed by atoms with Crippen molar-refractivity contribution < 1.29 is 14.2 Å². The number of fused-ring (bicyclic) bond motifs is 1. The van der Waals surface area contributed by atoms with Gasteiger partial charge in [-0.25, -0.2) is 0 Å². The van der Waals surface area contributed by atoms with Crippen LogP contribution in [0.4, 0.5) is 0 Å². The molecular weight excluding hydrogens is 489 g/mol. The molecule has 4 nitrogen and oxygen atoms in total. The fourth-order valence-corrected chi connectivity index (χ4v) is 8.81. The first-order valence-corrected chi connectivity index (χ1v) is 14.5. The van der Waals surface area contributed by atoms with Gasteiger partial charge in [0, 0.05) is 0 Å². The third kappa shape index (κ3) is 5.39. The average Bonchev–Trinajstić information content (AvgIpc) is 2.82. The van der Waals surface area contributed by atoms with Gasteiger partial charge in [0.15, 0.2) is 0 Å². The molecule has 1 saturated carbocycles. The molecule has 0 amide bonds. The van der Waals surface area contributed by atoms with E-state index < -0.39 is 0 Å². The van der Waals surface area contributed by atoms with E-state index in [4.69, 9.17) is 14.2 Å². The Morgan fingerprint density at radius 1 is 1.03 bits per heavy atom. The van der Waals surface area contributed by atoms with Crippen LogP contribution in [0.1, 0.15) is 58.6 Å². The second-order valence-electron chi connectivity index (χ2n) is 10.5. The van der Waals surface area contributed by atoms with Crippen molar-refractivity contribution >= 4 is 19.4 Å². The van der Waals surface area contributed by atoms with Crippen molar-refractivity contribution in [2.75, 3.05) is 20.8 Å². The molecule has 0 N–H and O–H groups in total. The third-order valence-corrected chi connectivity index (χ3v) is 10.6. The van der Waals surface area contributed by atoms with Gasteiger partial charge in [0.1, 0.15) is 0 Å². The van der Waals surface area contributed by atoms with Crippen LogP contribution in [0.25, 0.3) is 0 Å². The summed E-state index contributed by atoms with van der Waals surface area (Å²) in [6.07, 6.45) is 4.14. The molecular formula is C29H41NO3Se. The van der Waals surface area contributed by atoms with Crippen LogP contribution in [0.5, 0.6) is 5.75 Å². The Morgan fingerprint density at radius 2 is 1.74 bits per heavy atom. The van der Waals surface area contributed by atoms with Gasteiger partial charge in [-0.2, -0.15) is 0 Å². The van der Waals surface area contributed by atoms with Crippen molar-refractivity contribution in [3.8, 4) is 5.75 Å². The summed E-state index contributed by atoms with van der Waals surface area (Å²) in [5, 5.41) is 0. The van der Waals surface area contributed by atoms with E-state index in [1.165, 1.54) is 23.7 Å². The monoisotopic (exact) mass is 531 g/mol. The third-order valence-electron chi connectivity index (χ3n) is 7.96. The summed E-state index contributed by atoms with van der Waals surface area (Å²) in [6, 6.07) is 19.2. The molecule has 2 aromatic rings. The molecule has 0 unspecified atom stereocenters. The first kappa shape index (κ1) is 25.7. The number of nitrogens with zero attached hydrogens (tertiary/aromatic N) is 1. The van der Waals surface area contributed by atoms with Crippen LogP contribution in [-0.4, -0.2) is 58.5 Å². The van der Waals surface area contributed by atoms with E-state index >= 15 is 0 Å². The summed E-state index contributed by atoms with van der Waals surface area (Å²) in [5.41, 5.74) is 1.20. The van der Waals surface area contributed by atoms with Gasteiger partial charge in [-0.1, -0.05) is 0 Å². The Balaban J connectivity index is 1.66. The maximum absolute atomic E-state index is 6.69. The summed E-state index contributed by atoms with van der Waals surface area (Å²) in [5.74, 6) is 2.22. The number of benzene rings is 2. The second-order valence-corrected chi connectivity index (χ2v) is 13.2. The zero-order valence-corrected chi connectivity index (χ0v) is 23.3. The molecule has 0 spiro atoms. The standard InChI is InChI=1S/C29H41NO3Se/c1-20-16-17-24-26(18-20)33-21(2)30(29(24,3)4)19-27(34-22-12-8-7-9-13-22)28(32-6)23-14-10-11-15-25(23)31-5/h7-15,20-21,24,26-28H,16-19H2,1-6H3/t20-,21+,24-,26-,27+,28-/m1/s1. The minimum atomic E-state index is -0.0524. The predicted octanol–water partition coefficient (Wildman–Crippen LogP) is 5.46. The number of rotatable bonds is 8. The first-order chi connectivity index (χ1) is 16.3. The van der Waals surface area contributed by atoms with Crippen LogP contribution in [-0.2, 0) is 9.47 Å². The molecule has 5 heteroatoms. The molecule has 1 saturated heterocycles. The zero-order chi connectivity index (χ0) is 24.3. The van der Waals surface area contributed by atoms with Crippen LogP contribution in [0.15, 0.2) is 54.6 Å². The SMILES string of the molecule is COc1ccccc1[C@@H](OC)[C@H](CN1[C@H](C)O[C@@H]2C[C@H](C)CC[C@H]2C1(C)C)[Se]c1ccccc1. The Bertz CT molecular complexity index is 921. The minimum absolute atomic E-state index is 0.0524. The van der Waals surface area contributed by atoms with Crippen molar-refractivity contribution in [3.05, 3.63) is 60.2 Å². The molecule has 6 atom stereocenters. The predicted molar refractivity (Wildman–Crippen MR) is 140 cm³/mol. The van der Waals surface area contributed by atoms with Crippen molar-refractivity contribution in [2.45, 2.75) is 75.7 Å². The number of hydrogen-bond acceptors (Lipinski definition) is 4. The molecule has 2 aromatic carbocycles. The van der Waals surface area contributed by atoms with Crippen LogP contribution in [0, 0.1) is 11.8 Å². The fraction of sp³-hybridized carbons (Fsp3) is 0.586. The average molecular weight is 531 g/mol. The van der Waals surface area contributed by atoms with E-state index in [9.17, 15) is 0 Å². The Hall–Kier alpha value is -1.36. The maximum atomic E-state index is 6.69. The van der Waals surface area contributed by atoms with Crippen molar-refractivity contribution in [1.82, 2.24) is 4.90 Å². The number of methoxy groups -OCH3 is 2. The van der Waals surface area contributed by atoms with Crippen LogP contribution < -0.4 is 9.20 Å². The van der Waals surface area contributed by atoms with Crippen molar-refractivity contribution in [3.63, 3.8) is 0 Å². The summed E-state index contributed by atoms with van der Waals surface area (Å²) in [7, 11) is 3.59. The van der Waals surface area contributed by atoms with Gasteiger partial charge in [-0.15, -0.1) is 0 Å². The topological polar surface area (TPSA) is 30.9 Å². The molecule has 34 heavy (non-hydrogen) atoms. The molecule has 0 radical (unpaired) electrons.